The van der Waals surface area contributed by atoms with Crippen molar-refractivity contribution in [3.8, 4) is 10.6 Å². The van der Waals surface area contributed by atoms with Crippen LogP contribution in [0, 0.1) is 16.0 Å². The fourth-order valence-corrected chi connectivity index (χ4v) is 3.69. The summed E-state index contributed by atoms with van der Waals surface area (Å²) in [4.78, 5) is 26.8. The number of piperidine rings is 1. The molecule has 1 amide bonds. The molecule has 1 aromatic carbocycles. The second-order valence-corrected chi connectivity index (χ2v) is 6.96. The first-order valence-electron chi connectivity index (χ1n) is 8.33. The fourth-order valence-electron chi connectivity index (χ4n) is 2.89. The van der Waals surface area contributed by atoms with Crippen molar-refractivity contribution in [1.82, 2.24) is 15.6 Å². The van der Waals surface area contributed by atoms with Crippen molar-refractivity contribution >= 4 is 22.9 Å². The number of benzene rings is 1. The van der Waals surface area contributed by atoms with Crippen molar-refractivity contribution < 1.29 is 9.72 Å². The first kappa shape index (κ1) is 17.5. The summed E-state index contributed by atoms with van der Waals surface area (Å²) >= 11 is 1.35. The van der Waals surface area contributed by atoms with E-state index in [0.29, 0.717) is 23.2 Å². The Bertz CT molecular complexity index is 739. The Labute approximate surface area is 149 Å². The van der Waals surface area contributed by atoms with E-state index in [0.717, 1.165) is 25.1 Å². The van der Waals surface area contributed by atoms with Crippen LogP contribution in [-0.4, -0.2) is 35.4 Å². The Morgan fingerprint density at radius 2 is 2.20 bits per heavy atom. The van der Waals surface area contributed by atoms with Gasteiger partial charge in [-0.15, -0.1) is 11.3 Å². The first-order chi connectivity index (χ1) is 12.1. The van der Waals surface area contributed by atoms with Crippen LogP contribution in [0.2, 0.25) is 0 Å². The van der Waals surface area contributed by atoms with Gasteiger partial charge in [-0.3, -0.25) is 14.9 Å². The highest BCUT2D eigenvalue weighted by Crippen LogP contribution is 2.25. The molecule has 132 valence electrons. The van der Waals surface area contributed by atoms with Crippen LogP contribution in [0.3, 0.4) is 0 Å². The molecule has 0 bridgehead atoms. The maximum Gasteiger partial charge on any atom is 0.270 e. The molecule has 0 spiro atoms. The molecule has 2 aromatic rings. The lowest BCUT2D eigenvalue weighted by Crippen LogP contribution is -2.33. The SMILES string of the molecule is O=C(NCCC1CCCNC1)c1csc(-c2ccc([N+](=O)[O-])cc2)n1. The molecular formula is C17H20N4O3S. The molecule has 1 aromatic heterocycles. The van der Waals surface area contributed by atoms with Crippen LogP contribution in [0.4, 0.5) is 5.69 Å². The Kier molecular flexibility index (Phi) is 5.72. The lowest BCUT2D eigenvalue weighted by molar-refractivity contribution is -0.384. The molecule has 0 aliphatic carbocycles. The summed E-state index contributed by atoms with van der Waals surface area (Å²) in [5, 5.41) is 19.4. The largest absolute Gasteiger partial charge is 0.351 e. The number of hydrogen-bond acceptors (Lipinski definition) is 6. The molecule has 1 unspecified atom stereocenters. The van der Waals surface area contributed by atoms with Gasteiger partial charge in [-0.05, 0) is 50.4 Å². The number of hydrogen-bond donors (Lipinski definition) is 2. The van der Waals surface area contributed by atoms with Crippen LogP contribution in [0.15, 0.2) is 29.6 Å². The predicted octanol–water partition coefficient (Wildman–Crippen LogP) is 2.84. The zero-order valence-electron chi connectivity index (χ0n) is 13.7. The number of non-ortho nitro benzene ring substituents is 1. The highest BCUT2D eigenvalue weighted by atomic mass is 32.1. The van der Waals surface area contributed by atoms with E-state index >= 15 is 0 Å². The molecule has 1 atom stereocenters. The van der Waals surface area contributed by atoms with Gasteiger partial charge in [0.05, 0.1) is 4.92 Å². The smallest absolute Gasteiger partial charge is 0.270 e. The first-order valence-corrected chi connectivity index (χ1v) is 9.21. The Morgan fingerprint density at radius 3 is 2.88 bits per heavy atom. The van der Waals surface area contributed by atoms with Crippen LogP contribution in [0.5, 0.6) is 0 Å². The average Bonchev–Trinajstić information content (AvgIpc) is 3.13. The van der Waals surface area contributed by atoms with Gasteiger partial charge in [0.25, 0.3) is 11.6 Å². The molecule has 7 nitrogen and oxygen atoms in total. The van der Waals surface area contributed by atoms with Crippen LogP contribution in [0.1, 0.15) is 29.8 Å². The van der Waals surface area contributed by atoms with Gasteiger partial charge >= 0.3 is 0 Å². The highest BCUT2D eigenvalue weighted by molar-refractivity contribution is 7.13. The normalized spacial score (nSPS) is 17.2. The van der Waals surface area contributed by atoms with Gasteiger partial charge in [-0.2, -0.15) is 0 Å². The van der Waals surface area contributed by atoms with E-state index in [1.165, 1.54) is 36.3 Å². The van der Waals surface area contributed by atoms with Crippen molar-refractivity contribution in [2.24, 2.45) is 5.92 Å². The molecule has 8 heteroatoms. The molecule has 0 radical (unpaired) electrons. The Hall–Kier alpha value is -2.32. The quantitative estimate of drug-likeness (QED) is 0.610. The van der Waals surface area contributed by atoms with Crippen molar-refractivity contribution in [1.29, 1.82) is 0 Å². The minimum atomic E-state index is -0.438. The molecule has 1 fully saturated rings. The molecule has 0 saturated carbocycles. The zero-order chi connectivity index (χ0) is 17.6. The van der Waals surface area contributed by atoms with E-state index in [-0.39, 0.29) is 11.6 Å². The molecule has 25 heavy (non-hydrogen) atoms. The summed E-state index contributed by atoms with van der Waals surface area (Å²) < 4.78 is 0. The van der Waals surface area contributed by atoms with Crippen LogP contribution >= 0.6 is 11.3 Å². The molecule has 1 aliphatic rings. The van der Waals surface area contributed by atoms with E-state index < -0.39 is 4.92 Å². The van der Waals surface area contributed by atoms with E-state index in [2.05, 4.69) is 15.6 Å². The molecule has 2 heterocycles. The van der Waals surface area contributed by atoms with E-state index in [1.807, 2.05) is 0 Å². The minimum absolute atomic E-state index is 0.0375. The molecule has 1 saturated heterocycles. The van der Waals surface area contributed by atoms with Gasteiger partial charge in [0.15, 0.2) is 0 Å². The molecule has 1 aliphatic heterocycles. The molecular weight excluding hydrogens is 340 g/mol. The summed E-state index contributed by atoms with van der Waals surface area (Å²) in [7, 11) is 0. The maximum absolute atomic E-state index is 12.2. The number of nitro groups is 1. The summed E-state index contributed by atoms with van der Waals surface area (Å²) in [6.45, 7) is 2.76. The van der Waals surface area contributed by atoms with Gasteiger partial charge in [0.1, 0.15) is 10.7 Å². The third-order valence-electron chi connectivity index (χ3n) is 4.30. The van der Waals surface area contributed by atoms with Crippen LogP contribution in [-0.2, 0) is 0 Å². The van der Waals surface area contributed by atoms with Gasteiger partial charge < -0.3 is 10.6 Å². The number of carbonyl (C=O) groups excluding carboxylic acids is 1. The van der Waals surface area contributed by atoms with E-state index in [1.54, 1.807) is 17.5 Å². The summed E-state index contributed by atoms with van der Waals surface area (Å²) in [6.07, 6.45) is 3.38. The molecule has 2 N–H and O–H groups in total. The third kappa shape index (κ3) is 4.61. The summed E-state index contributed by atoms with van der Waals surface area (Å²) in [5.41, 5.74) is 1.19. The predicted molar refractivity (Wildman–Crippen MR) is 96.7 cm³/mol. The third-order valence-corrected chi connectivity index (χ3v) is 5.19. The van der Waals surface area contributed by atoms with Gasteiger partial charge in [-0.25, -0.2) is 4.98 Å². The van der Waals surface area contributed by atoms with E-state index in [9.17, 15) is 14.9 Å². The number of rotatable bonds is 6. The number of nitro benzene ring substituents is 1. The van der Waals surface area contributed by atoms with E-state index in [4.69, 9.17) is 0 Å². The monoisotopic (exact) mass is 360 g/mol. The average molecular weight is 360 g/mol. The van der Waals surface area contributed by atoms with Gasteiger partial charge in [0.2, 0.25) is 0 Å². The van der Waals surface area contributed by atoms with Crippen molar-refractivity contribution in [2.45, 2.75) is 19.3 Å². The highest BCUT2D eigenvalue weighted by Gasteiger charge is 2.15. The van der Waals surface area contributed by atoms with Gasteiger partial charge in [0, 0.05) is 29.6 Å². The lowest BCUT2D eigenvalue weighted by atomic mass is 9.96. The van der Waals surface area contributed by atoms with Crippen molar-refractivity contribution in [2.75, 3.05) is 19.6 Å². The summed E-state index contributed by atoms with van der Waals surface area (Å²) in [5.74, 6) is 0.452. The standard InChI is InChI=1S/C17H20N4O3S/c22-16(19-9-7-12-2-1-8-18-10-12)15-11-25-17(20-15)13-3-5-14(6-4-13)21(23)24/h3-6,11-12,18H,1-2,7-10H2,(H,19,22). The zero-order valence-corrected chi connectivity index (χ0v) is 14.6. The topological polar surface area (TPSA) is 97.2 Å². The number of amides is 1. The van der Waals surface area contributed by atoms with Gasteiger partial charge in [-0.1, -0.05) is 0 Å². The Morgan fingerprint density at radius 1 is 1.40 bits per heavy atom. The Balaban J connectivity index is 1.54. The maximum atomic E-state index is 12.2. The molecule has 3 rings (SSSR count). The number of nitrogens with zero attached hydrogens (tertiary/aromatic N) is 2. The number of nitrogens with one attached hydrogen (secondary N) is 2. The second kappa shape index (κ2) is 8.17. The van der Waals surface area contributed by atoms with Crippen LogP contribution < -0.4 is 10.6 Å². The minimum Gasteiger partial charge on any atom is -0.351 e. The fraction of sp³-hybridized carbons (Fsp3) is 0.412. The lowest BCUT2D eigenvalue weighted by Gasteiger charge is -2.22. The van der Waals surface area contributed by atoms with Crippen molar-refractivity contribution in [3.63, 3.8) is 0 Å². The number of thiazole rings is 1. The number of aromatic nitrogens is 1. The van der Waals surface area contributed by atoms with Crippen LogP contribution in [0.25, 0.3) is 10.6 Å². The number of carbonyl (C=O) groups is 1. The van der Waals surface area contributed by atoms with Crippen molar-refractivity contribution in [3.05, 3.63) is 45.5 Å². The summed E-state index contributed by atoms with van der Waals surface area (Å²) in [6, 6.07) is 6.17. The second-order valence-electron chi connectivity index (χ2n) is 6.10.